The van der Waals surface area contributed by atoms with Gasteiger partial charge in [-0.15, -0.1) is 11.3 Å². The standard InChI is InChI=1S/C16H20N2O5S/c1-18(9-14(20)17-11-4-5-11)15(21)10-23-16(22)7-6-12(19)13-3-2-8-24-13/h2-3,8,11H,4-7,9-10H2,1H3,(H,17,20). The average molecular weight is 352 g/mol. The van der Waals surface area contributed by atoms with Crippen molar-refractivity contribution in [1.82, 2.24) is 10.2 Å². The zero-order valence-corrected chi connectivity index (χ0v) is 14.3. The molecule has 0 saturated heterocycles. The Labute approximate surface area is 144 Å². The lowest BCUT2D eigenvalue weighted by Crippen LogP contribution is -2.40. The Hall–Kier alpha value is -2.22. The van der Waals surface area contributed by atoms with Gasteiger partial charge < -0.3 is 15.0 Å². The molecular formula is C16H20N2O5S. The maximum atomic E-state index is 11.8. The molecule has 0 bridgehead atoms. The molecule has 1 N–H and O–H groups in total. The fourth-order valence-electron chi connectivity index (χ4n) is 1.91. The molecule has 1 aromatic heterocycles. The molecule has 0 aliphatic heterocycles. The summed E-state index contributed by atoms with van der Waals surface area (Å²) < 4.78 is 4.86. The molecule has 1 aliphatic carbocycles. The first-order chi connectivity index (χ1) is 11.5. The molecule has 0 spiro atoms. The Balaban J connectivity index is 1.62. The highest BCUT2D eigenvalue weighted by Crippen LogP contribution is 2.18. The van der Waals surface area contributed by atoms with Crippen LogP contribution in [0.5, 0.6) is 0 Å². The second kappa shape index (κ2) is 8.58. The molecule has 130 valence electrons. The van der Waals surface area contributed by atoms with Crippen LogP contribution in [0.1, 0.15) is 35.4 Å². The Morgan fingerprint density at radius 1 is 1.29 bits per heavy atom. The normalized spacial score (nSPS) is 13.2. The molecule has 1 aromatic rings. The first-order valence-corrected chi connectivity index (χ1v) is 8.59. The number of hydrogen-bond acceptors (Lipinski definition) is 6. The van der Waals surface area contributed by atoms with Crippen molar-refractivity contribution < 1.29 is 23.9 Å². The van der Waals surface area contributed by atoms with Crippen molar-refractivity contribution in [2.75, 3.05) is 20.2 Å². The van der Waals surface area contributed by atoms with E-state index >= 15 is 0 Å². The third kappa shape index (κ3) is 6.11. The van der Waals surface area contributed by atoms with E-state index in [9.17, 15) is 19.2 Å². The van der Waals surface area contributed by atoms with E-state index in [0.29, 0.717) is 4.88 Å². The zero-order chi connectivity index (χ0) is 17.5. The van der Waals surface area contributed by atoms with Crippen LogP contribution >= 0.6 is 11.3 Å². The van der Waals surface area contributed by atoms with Crippen molar-refractivity contribution in [3.05, 3.63) is 22.4 Å². The molecular weight excluding hydrogens is 332 g/mol. The lowest BCUT2D eigenvalue weighted by Gasteiger charge is -2.16. The highest BCUT2D eigenvalue weighted by atomic mass is 32.1. The Morgan fingerprint density at radius 3 is 2.67 bits per heavy atom. The van der Waals surface area contributed by atoms with Crippen LogP contribution in [-0.4, -0.2) is 54.7 Å². The lowest BCUT2D eigenvalue weighted by atomic mass is 10.2. The van der Waals surface area contributed by atoms with Crippen molar-refractivity contribution in [1.29, 1.82) is 0 Å². The summed E-state index contributed by atoms with van der Waals surface area (Å²) in [7, 11) is 1.48. The second-order valence-electron chi connectivity index (χ2n) is 5.65. The highest BCUT2D eigenvalue weighted by Gasteiger charge is 2.24. The SMILES string of the molecule is CN(CC(=O)NC1CC1)C(=O)COC(=O)CCC(=O)c1cccs1. The number of nitrogens with zero attached hydrogens (tertiary/aromatic N) is 1. The number of carbonyl (C=O) groups is 4. The van der Waals surface area contributed by atoms with E-state index in [0.717, 1.165) is 12.8 Å². The van der Waals surface area contributed by atoms with Crippen LogP contribution in [0.2, 0.25) is 0 Å². The van der Waals surface area contributed by atoms with Crippen molar-refractivity contribution >= 4 is 34.9 Å². The van der Waals surface area contributed by atoms with Gasteiger partial charge in [0.2, 0.25) is 5.91 Å². The molecule has 1 heterocycles. The van der Waals surface area contributed by atoms with Gasteiger partial charge in [-0.25, -0.2) is 0 Å². The van der Waals surface area contributed by atoms with E-state index in [1.54, 1.807) is 17.5 Å². The van der Waals surface area contributed by atoms with Crippen molar-refractivity contribution in [2.24, 2.45) is 0 Å². The summed E-state index contributed by atoms with van der Waals surface area (Å²) >= 11 is 1.32. The van der Waals surface area contributed by atoms with Gasteiger partial charge in [0.1, 0.15) is 0 Å². The largest absolute Gasteiger partial charge is 0.456 e. The zero-order valence-electron chi connectivity index (χ0n) is 13.4. The number of thiophene rings is 1. The predicted molar refractivity (Wildman–Crippen MR) is 87.6 cm³/mol. The minimum absolute atomic E-state index is 0.0488. The summed E-state index contributed by atoms with van der Waals surface area (Å²) in [5.74, 6) is -1.41. The van der Waals surface area contributed by atoms with Gasteiger partial charge in [-0.1, -0.05) is 6.07 Å². The molecule has 8 heteroatoms. The first-order valence-electron chi connectivity index (χ1n) is 7.71. The monoisotopic (exact) mass is 352 g/mol. The van der Waals surface area contributed by atoms with E-state index in [4.69, 9.17) is 4.74 Å². The molecule has 2 amide bonds. The number of rotatable bonds is 9. The topological polar surface area (TPSA) is 92.8 Å². The van der Waals surface area contributed by atoms with Gasteiger partial charge in [-0.05, 0) is 24.3 Å². The van der Waals surface area contributed by atoms with E-state index in [2.05, 4.69) is 5.32 Å². The molecule has 2 rings (SSSR count). The van der Waals surface area contributed by atoms with Crippen LogP contribution in [0, 0.1) is 0 Å². The summed E-state index contributed by atoms with van der Waals surface area (Å²) in [4.78, 5) is 48.6. The fraction of sp³-hybridized carbons (Fsp3) is 0.500. The number of nitrogens with one attached hydrogen (secondary N) is 1. The van der Waals surface area contributed by atoms with Crippen LogP contribution < -0.4 is 5.32 Å². The summed E-state index contributed by atoms with van der Waals surface area (Å²) in [6, 6.07) is 3.70. The Morgan fingerprint density at radius 2 is 2.04 bits per heavy atom. The number of carbonyl (C=O) groups excluding carboxylic acids is 4. The second-order valence-corrected chi connectivity index (χ2v) is 6.60. The average Bonchev–Trinajstić information content (AvgIpc) is 3.18. The molecule has 1 aliphatic rings. The number of esters is 1. The highest BCUT2D eigenvalue weighted by molar-refractivity contribution is 7.12. The molecule has 1 fully saturated rings. The van der Waals surface area contributed by atoms with Gasteiger partial charge in [-0.2, -0.15) is 0 Å². The van der Waals surface area contributed by atoms with Crippen LogP contribution in [0.3, 0.4) is 0 Å². The van der Waals surface area contributed by atoms with Crippen molar-refractivity contribution in [3.8, 4) is 0 Å². The molecule has 0 radical (unpaired) electrons. The third-order valence-corrected chi connectivity index (χ3v) is 4.37. The number of Topliss-reactive ketones (excluding diaryl/α,β-unsaturated/α-hetero) is 1. The van der Waals surface area contributed by atoms with Gasteiger partial charge in [0.05, 0.1) is 17.8 Å². The summed E-state index contributed by atoms with van der Waals surface area (Å²) in [5, 5.41) is 4.56. The Kier molecular flexibility index (Phi) is 6.48. The minimum atomic E-state index is -0.607. The van der Waals surface area contributed by atoms with Gasteiger partial charge >= 0.3 is 5.97 Å². The number of hydrogen-bond donors (Lipinski definition) is 1. The van der Waals surface area contributed by atoms with Crippen molar-refractivity contribution in [2.45, 2.75) is 31.7 Å². The van der Waals surface area contributed by atoms with Gasteiger partial charge in [0.25, 0.3) is 5.91 Å². The van der Waals surface area contributed by atoms with Crippen LogP contribution in [0.25, 0.3) is 0 Å². The van der Waals surface area contributed by atoms with Crippen LogP contribution in [0.15, 0.2) is 17.5 Å². The van der Waals surface area contributed by atoms with E-state index < -0.39 is 18.5 Å². The van der Waals surface area contributed by atoms with Crippen LogP contribution in [0.4, 0.5) is 0 Å². The molecule has 0 unspecified atom stereocenters. The summed E-state index contributed by atoms with van der Waals surface area (Å²) in [6.07, 6.45) is 1.93. The number of ketones is 1. The lowest BCUT2D eigenvalue weighted by molar-refractivity contribution is -0.151. The van der Waals surface area contributed by atoms with Gasteiger partial charge in [0, 0.05) is 19.5 Å². The molecule has 7 nitrogen and oxygen atoms in total. The van der Waals surface area contributed by atoms with Gasteiger partial charge in [-0.3, -0.25) is 19.2 Å². The molecule has 0 aromatic carbocycles. The maximum absolute atomic E-state index is 11.8. The fourth-order valence-corrected chi connectivity index (χ4v) is 2.60. The maximum Gasteiger partial charge on any atom is 0.306 e. The van der Waals surface area contributed by atoms with Crippen LogP contribution in [-0.2, 0) is 19.1 Å². The summed E-state index contributed by atoms with van der Waals surface area (Å²) in [6.45, 7) is -0.497. The van der Waals surface area contributed by atoms with Crippen molar-refractivity contribution in [3.63, 3.8) is 0 Å². The quantitative estimate of drug-likeness (QED) is 0.528. The number of likely N-dealkylation sites (N-methyl/N-ethyl adjacent to an activating group) is 1. The number of ether oxygens (including phenoxy) is 1. The van der Waals surface area contributed by atoms with Gasteiger partial charge in [0.15, 0.2) is 12.4 Å². The molecule has 1 saturated carbocycles. The minimum Gasteiger partial charge on any atom is -0.456 e. The summed E-state index contributed by atoms with van der Waals surface area (Å²) in [5.41, 5.74) is 0. The van der Waals surface area contributed by atoms with E-state index in [1.807, 2.05) is 0 Å². The third-order valence-electron chi connectivity index (χ3n) is 3.46. The van der Waals surface area contributed by atoms with E-state index in [-0.39, 0.29) is 37.1 Å². The number of amides is 2. The smallest absolute Gasteiger partial charge is 0.306 e. The van der Waals surface area contributed by atoms with E-state index in [1.165, 1.54) is 23.3 Å². The Bertz CT molecular complexity index is 610. The molecule has 0 atom stereocenters. The predicted octanol–water partition coefficient (Wildman–Crippen LogP) is 0.991. The molecule has 24 heavy (non-hydrogen) atoms. The first kappa shape index (κ1) is 18.1.